The number of rotatable bonds is 5. The van der Waals surface area contributed by atoms with Crippen LogP contribution in [-0.4, -0.2) is 15.6 Å². The zero-order chi connectivity index (χ0) is 12.3. The average molecular weight is 249 g/mol. The highest BCUT2D eigenvalue weighted by Gasteiger charge is 2.09. The van der Waals surface area contributed by atoms with E-state index in [9.17, 15) is 0 Å². The summed E-state index contributed by atoms with van der Waals surface area (Å²) in [4.78, 5) is 5.92. The molecule has 0 spiro atoms. The highest BCUT2D eigenvalue weighted by Crippen LogP contribution is 2.14. The second-order valence-corrected chi connectivity index (χ2v) is 5.35. The van der Waals surface area contributed by atoms with E-state index in [1.807, 2.05) is 18.3 Å². The predicted octanol–water partition coefficient (Wildman–Crippen LogP) is 3.32. The number of thiophene rings is 1. The molecule has 0 aliphatic rings. The smallest absolute Gasteiger partial charge is 0.203 e. The van der Waals surface area contributed by atoms with Gasteiger partial charge in [-0.05, 0) is 32.2 Å². The number of anilines is 1. The molecule has 2 aromatic heterocycles. The maximum absolute atomic E-state index is 4.51. The van der Waals surface area contributed by atoms with Crippen LogP contribution in [0.1, 0.15) is 24.4 Å². The van der Waals surface area contributed by atoms with Gasteiger partial charge in [-0.2, -0.15) is 0 Å². The topological polar surface area (TPSA) is 29.9 Å². The Bertz CT molecular complexity index is 459. The van der Waals surface area contributed by atoms with E-state index in [0.29, 0.717) is 6.04 Å². The summed E-state index contributed by atoms with van der Waals surface area (Å²) in [6, 6.07) is 4.69. The summed E-state index contributed by atoms with van der Waals surface area (Å²) in [7, 11) is 0. The van der Waals surface area contributed by atoms with Crippen LogP contribution in [0.2, 0.25) is 0 Å². The number of imidazole rings is 1. The molecule has 0 fully saturated rings. The summed E-state index contributed by atoms with van der Waals surface area (Å²) < 4.78 is 2.15. The van der Waals surface area contributed by atoms with Crippen LogP contribution >= 0.6 is 11.3 Å². The maximum Gasteiger partial charge on any atom is 0.203 e. The van der Waals surface area contributed by atoms with Crippen molar-refractivity contribution < 1.29 is 0 Å². The molecule has 0 bridgehead atoms. The van der Waals surface area contributed by atoms with Crippen LogP contribution in [0, 0.1) is 6.92 Å². The van der Waals surface area contributed by atoms with Gasteiger partial charge in [-0.25, -0.2) is 4.98 Å². The van der Waals surface area contributed by atoms with Crippen molar-refractivity contribution >= 4 is 17.3 Å². The third-order valence-electron chi connectivity index (χ3n) is 2.70. The van der Waals surface area contributed by atoms with Crippen LogP contribution in [0.25, 0.3) is 0 Å². The normalized spacial score (nSPS) is 12.6. The molecule has 0 radical (unpaired) electrons. The Labute approximate surface area is 107 Å². The minimum Gasteiger partial charge on any atom is -0.353 e. The minimum atomic E-state index is 0.403. The van der Waals surface area contributed by atoms with Crippen molar-refractivity contribution in [3.05, 3.63) is 34.3 Å². The zero-order valence-corrected chi connectivity index (χ0v) is 11.4. The molecule has 2 aromatic rings. The van der Waals surface area contributed by atoms with E-state index in [1.165, 1.54) is 4.88 Å². The molecule has 0 aliphatic carbocycles. The van der Waals surface area contributed by atoms with Gasteiger partial charge < -0.3 is 9.88 Å². The molecule has 4 heteroatoms. The Morgan fingerprint density at radius 2 is 2.35 bits per heavy atom. The summed E-state index contributed by atoms with van der Waals surface area (Å²) in [5, 5.41) is 5.60. The van der Waals surface area contributed by atoms with Gasteiger partial charge in [-0.3, -0.25) is 0 Å². The van der Waals surface area contributed by atoms with Crippen LogP contribution in [0.4, 0.5) is 5.95 Å². The molecule has 92 valence electrons. The fraction of sp³-hybridized carbons (Fsp3) is 0.462. The Morgan fingerprint density at radius 1 is 1.53 bits per heavy atom. The summed E-state index contributed by atoms with van der Waals surface area (Å²) in [6.45, 7) is 7.32. The van der Waals surface area contributed by atoms with Gasteiger partial charge in [-0.1, -0.05) is 6.07 Å². The molecule has 17 heavy (non-hydrogen) atoms. The minimum absolute atomic E-state index is 0.403. The van der Waals surface area contributed by atoms with Crippen LogP contribution in [0.3, 0.4) is 0 Å². The van der Waals surface area contributed by atoms with Crippen molar-refractivity contribution in [1.82, 2.24) is 9.55 Å². The van der Waals surface area contributed by atoms with Crippen molar-refractivity contribution in [2.45, 2.75) is 39.8 Å². The first kappa shape index (κ1) is 12.2. The first-order valence-electron chi connectivity index (χ1n) is 6.01. The molecule has 0 saturated heterocycles. The van der Waals surface area contributed by atoms with Gasteiger partial charge in [0.05, 0.1) is 5.69 Å². The van der Waals surface area contributed by atoms with Crippen LogP contribution < -0.4 is 5.32 Å². The van der Waals surface area contributed by atoms with E-state index in [-0.39, 0.29) is 0 Å². The first-order valence-corrected chi connectivity index (χ1v) is 6.89. The first-order chi connectivity index (χ1) is 8.19. The van der Waals surface area contributed by atoms with Crippen molar-refractivity contribution in [3.63, 3.8) is 0 Å². The highest BCUT2D eigenvalue weighted by atomic mass is 32.1. The molecule has 3 nitrogen and oxygen atoms in total. The van der Waals surface area contributed by atoms with Gasteiger partial charge in [0.25, 0.3) is 0 Å². The molecule has 2 rings (SSSR count). The van der Waals surface area contributed by atoms with E-state index in [2.05, 4.69) is 52.4 Å². The SMILES string of the molecule is CCn1cc(C)nc1NC(C)Cc1cccs1. The molecule has 1 unspecified atom stereocenters. The summed E-state index contributed by atoms with van der Waals surface area (Å²) >= 11 is 1.81. The lowest BCUT2D eigenvalue weighted by atomic mass is 10.2. The van der Waals surface area contributed by atoms with Gasteiger partial charge in [0.15, 0.2) is 0 Å². The van der Waals surface area contributed by atoms with E-state index in [4.69, 9.17) is 0 Å². The highest BCUT2D eigenvalue weighted by molar-refractivity contribution is 7.09. The van der Waals surface area contributed by atoms with Gasteiger partial charge in [0.1, 0.15) is 0 Å². The van der Waals surface area contributed by atoms with Crippen LogP contribution in [0.5, 0.6) is 0 Å². The summed E-state index contributed by atoms with van der Waals surface area (Å²) in [6.07, 6.45) is 3.13. The predicted molar refractivity (Wildman–Crippen MR) is 73.7 cm³/mol. The van der Waals surface area contributed by atoms with Crippen molar-refractivity contribution in [2.24, 2.45) is 0 Å². The lowest BCUT2D eigenvalue weighted by Crippen LogP contribution is -2.20. The third kappa shape index (κ3) is 3.09. The molecule has 0 saturated carbocycles. The van der Waals surface area contributed by atoms with Crippen molar-refractivity contribution in [1.29, 1.82) is 0 Å². The Kier molecular flexibility index (Phi) is 3.84. The number of hydrogen-bond donors (Lipinski definition) is 1. The fourth-order valence-electron chi connectivity index (χ4n) is 1.90. The molecule has 0 amide bonds. The van der Waals surface area contributed by atoms with Gasteiger partial charge in [0, 0.05) is 30.1 Å². The fourth-order valence-corrected chi connectivity index (χ4v) is 2.74. The zero-order valence-electron chi connectivity index (χ0n) is 10.6. The summed E-state index contributed by atoms with van der Waals surface area (Å²) in [5.74, 6) is 0.981. The maximum atomic E-state index is 4.51. The Balaban J connectivity index is 2.00. The van der Waals surface area contributed by atoms with Gasteiger partial charge in [0.2, 0.25) is 5.95 Å². The number of hydrogen-bond acceptors (Lipinski definition) is 3. The molecule has 1 atom stereocenters. The van der Waals surface area contributed by atoms with Gasteiger partial charge >= 0.3 is 0 Å². The van der Waals surface area contributed by atoms with Crippen molar-refractivity contribution in [3.8, 4) is 0 Å². The lowest BCUT2D eigenvalue weighted by Gasteiger charge is -2.14. The van der Waals surface area contributed by atoms with E-state index in [0.717, 1.165) is 24.6 Å². The van der Waals surface area contributed by atoms with Gasteiger partial charge in [-0.15, -0.1) is 11.3 Å². The molecule has 1 N–H and O–H groups in total. The molecule has 0 aliphatic heterocycles. The second kappa shape index (κ2) is 5.36. The Hall–Kier alpha value is -1.29. The Morgan fingerprint density at radius 3 is 3.00 bits per heavy atom. The third-order valence-corrected chi connectivity index (χ3v) is 3.60. The second-order valence-electron chi connectivity index (χ2n) is 4.32. The quantitative estimate of drug-likeness (QED) is 0.881. The number of aryl methyl sites for hydroxylation is 2. The van der Waals surface area contributed by atoms with Crippen LogP contribution in [-0.2, 0) is 13.0 Å². The monoisotopic (exact) mass is 249 g/mol. The van der Waals surface area contributed by atoms with E-state index < -0.39 is 0 Å². The van der Waals surface area contributed by atoms with E-state index in [1.54, 1.807) is 0 Å². The largest absolute Gasteiger partial charge is 0.353 e. The standard InChI is InChI=1S/C13H19N3S/c1-4-16-9-11(3)15-13(16)14-10(2)8-12-6-5-7-17-12/h5-7,9-10H,4,8H2,1-3H3,(H,14,15). The number of aromatic nitrogens is 2. The molecule has 0 aromatic carbocycles. The lowest BCUT2D eigenvalue weighted by molar-refractivity contribution is 0.726. The summed E-state index contributed by atoms with van der Waals surface area (Å²) in [5.41, 5.74) is 1.07. The van der Waals surface area contributed by atoms with Crippen LogP contribution in [0.15, 0.2) is 23.7 Å². The number of nitrogens with one attached hydrogen (secondary N) is 1. The van der Waals surface area contributed by atoms with E-state index >= 15 is 0 Å². The van der Waals surface area contributed by atoms with Crippen molar-refractivity contribution in [2.75, 3.05) is 5.32 Å². The average Bonchev–Trinajstić information content (AvgIpc) is 2.88. The molecule has 2 heterocycles. The molecular weight excluding hydrogens is 230 g/mol. The number of nitrogens with zero attached hydrogens (tertiary/aromatic N) is 2. The molecular formula is C13H19N3S.